The molecule has 4 aromatic rings. The fourth-order valence-corrected chi connectivity index (χ4v) is 4.16. The van der Waals surface area contributed by atoms with Crippen molar-refractivity contribution in [3.8, 4) is 0 Å². The Morgan fingerprint density at radius 1 is 0.968 bits per heavy atom. The lowest BCUT2D eigenvalue weighted by Gasteiger charge is -2.27. The summed E-state index contributed by atoms with van der Waals surface area (Å²) in [4.78, 5) is 12.8. The topological polar surface area (TPSA) is 46.1 Å². The molecule has 0 spiro atoms. The maximum Gasteiger partial charge on any atom is 0.319 e. The Labute approximate surface area is 183 Å². The summed E-state index contributed by atoms with van der Waals surface area (Å²) in [5, 5.41) is 8.45. The molecule has 158 valence electrons. The third-order valence-corrected chi connectivity index (χ3v) is 5.85. The Bertz CT molecular complexity index is 1300. The number of urea groups is 1. The molecule has 0 atom stereocenters. The van der Waals surface area contributed by atoms with Gasteiger partial charge < -0.3 is 15.2 Å². The van der Waals surface area contributed by atoms with E-state index in [0.717, 1.165) is 34.3 Å². The number of anilines is 1. The fourth-order valence-electron chi connectivity index (χ4n) is 4.16. The monoisotopic (exact) mass is 411 g/mol. The van der Waals surface area contributed by atoms with E-state index in [-0.39, 0.29) is 6.03 Å². The molecule has 2 amide bonds. The summed E-state index contributed by atoms with van der Waals surface area (Å²) in [5.41, 5.74) is 5.73. The first-order chi connectivity index (χ1) is 14.8. The van der Waals surface area contributed by atoms with Crippen molar-refractivity contribution in [2.75, 3.05) is 5.32 Å². The highest BCUT2D eigenvalue weighted by atomic mass is 16.2. The van der Waals surface area contributed by atoms with Crippen LogP contribution in [0.15, 0.2) is 73.3 Å². The zero-order chi connectivity index (χ0) is 22.2. The molecule has 4 rings (SSSR count). The predicted octanol–water partition coefficient (Wildman–Crippen LogP) is 6.90. The highest BCUT2D eigenvalue weighted by molar-refractivity contribution is 6.09. The maximum atomic E-state index is 12.8. The second-order valence-electron chi connectivity index (χ2n) is 8.56. The summed E-state index contributed by atoms with van der Waals surface area (Å²) >= 11 is 0. The summed E-state index contributed by atoms with van der Waals surface area (Å²) in [6.45, 7) is 13.1. The largest absolute Gasteiger partial charge is 0.341 e. The number of nitrogens with one attached hydrogen (secondary N) is 2. The van der Waals surface area contributed by atoms with Crippen LogP contribution in [-0.4, -0.2) is 10.6 Å². The zero-order valence-electron chi connectivity index (χ0n) is 18.6. The van der Waals surface area contributed by atoms with Crippen molar-refractivity contribution in [2.45, 2.75) is 39.8 Å². The lowest BCUT2D eigenvalue weighted by molar-refractivity contribution is 0.242. The van der Waals surface area contributed by atoms with Crippen molar-refractivity contribution in [3.63, 3.8) is 0 Å². The minimum absolute atomic E-state index is 0.232. The van der Waals surface area contributed by atoms with Crippen LogP contribution in [0.1, 0.15) is 38.8 Å². The van der Waals surface area contributed by atoms with Gasteiger partial charge in [-0.1, -0.05) is 48.6 Å². The van der Waals surface area contributed by atoms with Gasteiger partial charge in [0.05, 0.1) is 5.54 Å². The molecular formula is C27H29N3O. The minimum atomic E-state index is -0.530. The first-order valence-electron chi connectivity index (χ1n) is 10.7. The average Bonchev–Trinajstić information content (AvgIpc) is 3.06. The van der Waals surface area contributed by atoms with E-state index in [1.54, 1.807) is 0 Å². The van der Waals surface area contributed by atoms with Crippen molar-refractivity contribution in [1.29, 1.82) is 0 Å². The predicted molar refractivity (Wildman–Crippen MR) is 131 cm³/mol. The van der Waals surface area contributed by atoms with Crippen LogP contribution in [0.2, 0.25) is 0 Å². The highest BCUT2D eigenvalue weighted by Crippen LogP contribution is 2.31. The Kier molecular flexibility index (Phi) is 5.32. The normalized spacial score (nSPS) is 11.6. The third-order valence-electron chi connectivity index (χ3n) is 5.85. The number of aryl methyl sites for hydroxylation is 1. The van der Waals surface area contributed by atoms with Crippen LogP contribution in [-0.2, 0) is 12.1 Å². The summed E-state index contributed by atoms with van der Waals surface area (Å²) in [6.07, 6.45) is 0. The van der Waals surface area contributed by atoms with Crippen molar-refractivity contribution in [3.05, 3.63) is 84.4 Å². The molecule has 1 aromatic heterocycles. The van der Waals surface area contributed by atoms with Crippen LogP contribution in [0.3, 0.4) is 0 Å². The highest BCUT2D eigenvalue weighted by Gasteiger charge is 2.23. The Hall–Kier alpha value is -3.53. The lowest BCUT2D eigenvalue weighted by atomic mass is 9.92. The van der Waals surface area contributed by atoms with Crippen molar-refractivity contribution < 1.29 is 4.79 Å². The number of allylic oxidation sites excluding steroid dienone is 1. The van der Waals surface area contributed by atoms with Gasteiger partial charge in [0.25, 0.3) is 0 Å². The van der Waals surface area contributed by atoms with E-state index in [1.807, 2.05) is 45.0 Å². The molecule has 0 radical (unpaired) electrons. The van der Waals surface area contributed by atoms with E-state index in [4.69, 9.17) is 0 Å². The molecule has 0 saturated heterocycles. The van der Waals surface area contributed by atoms with E-state index in [0.29, 0.717) is 0 Å². The van der Waals surface area contributed by atoms with Crippen molar-refractivity contribution in [1.82, 2.24) is 9.88 Å². The number of rotatable bonds is 5. The van der Waals surface area contributed by atoms with E-state index in [9.17, 15) is 4.79 Å². The van der Waals surface area contributed by atoms with E-state index >= 15 is 0 Å². The molecule has 0 aliphatic rings. The van der Waals surface area contributed by atoms with Gasteiger partial charge in [0, 0.05) is 34.0 Å². The van der Waals surface area contributed by atoms with E-state index in [1.165, 1.54) is 16.4 Å². The van der Waals surface area contributed by atoms with Crippen LogP contribution in [0.4, 0.5) is 10.5 Å². The number of carbonyl (C=O) groups is 1. The number of para-hydroxylation sites is 1. The summed E-state index contributed by atoms with van der Waals surface area (Å²) in [7, 11) is 0. The van der Waals surface area contributed by atoms with Crippen LogP contribution >= 0.6 is 0 Å². The van der Waals surface area contributed by atoms with Crippen LogP contribution in [0.5, 0.6) is 0 Å². The molecule has 0 aliphatic carbocycles. The average molecular weight is 412 g/mol. The molecule has 3 aromatic carbocycles. The van der Waals surface area contributed by atoms with Crippen molar-refractivity contribution >= 4 is 39.1 Å². The molecule has 31 heavy (non-hydrogen) atoms. The van der Waals surface area contributed by atoms with Gasteiger partial charge in [-0.25, -0.2) is 4.79 Å². The number of fused-ring (bicyclic) bond motifs is 3. The quantitative estimate of drug-likeness (QED) is 0.368. The second kappa shape index (κ2) is 7.95. The van der Waals surface area contributed by atoms with Gasteiger partial charge >= 0.3 is 6.03 Å². The van der Waals surface area contributed by atoms with Crippen LogP contribution in [0.25, 0.3) is 27.4 Å². The van der Waals surface area contributed by atoms with Gasteiger partial charge in [-0.2, -0.15) is 0 Å². The van der Waals surface area contributed by atoms with Crippen LogP contribution in [0, 0.1) is 0 Å². The van der Waals surface area contributed by atoms with Crippen molar-refractivity contribution in [2.24, 2.45) is 0 Å². The summed E-state index contributed by atoms with van der Waals surface area (Å²) < 4.78 is 2.30. The van der Waals surface area contributed by atoms with E-state index < -0.39 is 5.54 Å². The first-order valence-corrected chi connectivity index (χ1v) is 10.7. The Morgan fingerprint density at radius 2 is 1.71 bits per heavy atom. The molecule has 4 nitrogen and oxygen atoms in total. The number of carbonyl (C=O) groups excluding carboxylic acids is 1. The SMILES string of the molecule is C=C(C)c1cccc(C(C)(C)NC(=O)Nc2ccc3c(c2)c2ccccc2n3CC)c1. The Morgan fingerprint density at radius 3 is 2.45 bits per heavy atom. The second-order valence-corrected chi connectivity index (χ2v) is 8.56. The fraction of sp³-hybridized carbons (Fsp3) is 0.222. The van der Waals surface area contributed by atoms with Crippen LogP contribution < -0.4 is 10.6 Å². The molecule has 0 aliphatic heterocycles. The van der Waals surface area contributed by atoms with Gasteiger partial charge in [-0.3, -0.25) is 0 Å². The zero-order valence-corrected chi connectivity index (χ0v) is 18.6. The first kappa shape index (κ1) is 20.7. The number of hydrogen-bond donors (Lipinski definition) is 2. The Balaban J connectivity index is 1.59. The molecule has 2 N–H and O–H groups in total. The van der Waals surface area contributed by atoms with Gasteiger partial charge in [-0.05, 0) is 69.2 Å². The molecule has 4 heteroatoms. The summed E-state index contributed by atoms with van der Waals surface area (Å²) in [6, 6.07) is 22.4. The van der Waals surface area contributed by atoms with E-state index in [2.05, 4.69) is 71.2 Å². The summed E-state index contributed by atoms with van der Waals surface area (Å²) in [5.74, 6) is 0. The van der Waals surface area contributed by atoms with Gasteiger partial charge in [-0.15, -0.1) is 0 Å². The number of amides is 2. The molecule has 0 bridgehead atoms. The molecule has 0 unspecified atom stereocenters. The smallest absolute Gasteiger partial charge is 0.319 e. The number of aromatic nitrogens is 1. The number of benzene rings is 3. The molecule has 0 fully saturated rings. The molecular weight excluding hydrogens is 382 g/mol. The van der Waals surface area contributed by atoms with Gasteiger partial charge in [0.15, 0.2) is 0 Å². The standard InChI is InChI=1S/C27H29N3O/c1-6-30-24-13-8-7-12-22(24)23-17-21(14-15-25(23)30)28-26(31)29-27(4,5)20-11-9-10-19(16-20)18(2)3/h7-17H,2,6H2,1,3-5H3,(H2,28,29,31). The number of nitrogens with zero attached hydrogens (tertiary/aromatic N) is 1. The maximum absolute atomic E-state index is 12.8. The third kappa shape index (κ3) is 3.93. The molecule has 1 heterocycles. The van der Waals surface area contributed by atoms with Gasteiger partial charge in [0.2, 0.25) is 0 Å². The lowest BCUT2D eigenvalue weighted by Crippen LogP contribution is -2.43. The minimum Gasteiger partial charge on any atom is -0.341 e. The number of hydrogen-bond acceptors (Lipinski definition) is 1. The molecule has 0 saturated carbocycles. The van der Waals surface area contributed by atoms with Gasteiger partial charge in [0.1, 0.15) is 0 Å².